The van der Waals surface area contributed by atoms with E-state index in [9.17, 15) is 20.0 Å². The number of non-ortho nitro benzene ring substituents is 1. The molecule has 0 heterocycles. The summed E-state index contributed by atoms with van der Waals surface area (Å²) in [4.78, 5) is 20.9. The zero-order valence-electron chi connectivity index (χ0n) is 9.89. The second-order valence-corrected chi connectivity index (χ2v) is 3.81. The standard InChI is InChI=1S/C11H14N2O6/c14-5-9(12-10(16)6-15)11(17)7-1-3-8(4-2-7)13(18)19/h1-4,9,11,14-15,17H,5-6H2,(H,12,16)/t9-,11-/m1/s1. The first kappa shape index (κ1) is 15.0. The summed E-state index contributed by atoms with van der Waals surface area (Å²) in [6.45, 7) is -1.30. The molecule has 8 heteroatoms. The van der Waals surface area contributed by atoms with Gasteiger partial charge in [0.1, 0.15) is 12.7 Å². The van der Waals surface area contributed by atoms with Crippen LogP contribution in [-0.2, 0) is 4.79 Å². The van der Waals surface area contributed by atoms with Crippen molar-refractivity contribution in [3.05, 3.63) is 39.9 Å². The van der Waals surface area contributed by atoms with E-state index in [1.807, 2.05) is 0 Å². The molecule has 0 saturated heterocycles. The van der Waals surface area contributed by atoms with Crippen LogP contribution in [0.3, 0.4) is 0 Å². The van der Waals surface area contributed by atoms with Crippen LogP contribution in [0.5, 0.6) is 0 Å². The molecule has 1 amide bonds. The molecule has 0 aliphatic heterocycles. The molecule has 19 heavy (non-hydrogen) atoms. The van der Waals surface area contributed by atoms with Gasteiger partial charge in [0.2, 0.25) is 5.91 Å². The molecule has 0 radical (unpaired) electrons. The van der Waals surface area contributed by atoms with Crippen molar-refractivity contribution in [2.24, 2.45) is 0 Å². The number of hydrogen-bond acceptors (Lipinski definition) is 6. The van der Waals surface area contributed by atoms with Crippen molar-refractivity contribution in [1.82, 2.24) is 5.32 Å². The SMILES string of the molecule is O=C(CO)N[C@H](CO)[C@H](O)c1ccc([N+](=O)[O-])cc1. The van der Waals surface area contributed by atoms with Gasteiger partial charge in [0.25, 0.3) is 5.69 Å². The minimum absolute atomic E-state index is 0.129. The number of benzene rings is 1. The summed E-state index contributed by atoms with van der Waals surface area (Å²) in [5.74, 6) is -0.736. The van der Waals surface area contributed by atoms with Gasteiger partial charge in [-0.1, -0.05) is 0 Å². The molecule has 2 atom stereocenters. The summed E-state index contributed by atoms with van der Waals surface area (Å²) in [7, 11) is 0. The Morgan fingerprint density at radius 2 is 1.89 bits per heavy atom. The lowest BCUT2D eigenvalue weighted by Crippen LogP contribution is -2.43. The summed E-state index contributed by atoms with van der Waals surface area (Å²) in [5, 5.41) is 40.3. The van der Waals surface area contributed by atoms with Crippen LogP contribution in [0, 0.1) is 10.1 Å². The van der Waals surface area contributed by atoms with Gasteiger partial charge in [0, 0.05) is 12.1 Å². The summed E-state index contributed by atoms with van der Waals surface area (Å²) in [5.41, 5.74) is 0.179. The quantitative estimate of drug-likeness (QED) is 0.391. The van der Waals surface area contributed by atoms with Crippen LogP contribution in [0.15, 0.2) is 24.3 Å². The fourth-order valence-electron chi connectivity index (χ4n) is 1.50. The average molecular weight is 270 g/mol. The van der Waals surface area contributed by atoms with E-state index < -0.39 is 36.2 Å². The number of carbonyl (C=O) groups is 1. The highest BCUT2D eigenvalue weighted by Crippen LogP contribution is 2.20. The van der Waals surface area contributed by atoms with E-state index in [1.54, 1.807) is 0 Å². The maximum absolute atomic E-state index is 11.0. The molecule has 0 aromatic heterocycles. The molecule has 0 spiro atoms. The van der Waals surface area contributed by atoms with Crippen molar-refractivity contribution in [2.45, 2.75) is 12.1 Å². The van der Waals surface area contributed by atoms with Crippen LogP contribution in [0.2, 0.25) is 0 Å². The number of nitrogens with one attached hydrogen (secondary N) is 1. The Balaban J connectivity index is 2.81. The number of amides is 1. The largest absolute Gasteiger partial charge is 0.394 e. The minimum atomic E-state index is -1.23. The smallest absolute Gasteiger partial charge is 0.269 e. The Labute approximate surface area is 108 Å². The fourth-order valence-corrected chi connectivity index (χ4v) is 1.50. The van der Waals surface area contributed by atoms with Crippen LogP contribution in [-0.4, -0.2) is 45.4 Å². The number of hydrogen-bond donors (Lipinski definition) is 4. The second-order valence-electron chi connectivity index (χ2n) is 3.81. The third-order valence-electron chi connectivity index (χ3n) is 2.51. The molecule has 0 aliphatic carbocycles. The van der Waals surface area contributed by atoms with Crippen molar-refractivity contribution in [2.75, 3.05) is 13.2 Å². The van der Waals surface area contributed by atoms with E-state index in [1.165, 1.54) is 24.3 Å². The third kappa shape index (κ3) is 3.98. The van der Waals surface area contributed by atoms with Crippen molar-refractivity contribution >= 4 is 11.6 Å². The number of aliphatic hydroxyl groups excluding tert-OH is 3. The molecule has 0 bridgehead atoms. The molecule has 8 nitrogen and oxygen atoms in total. The van der Waals surface area contributed by atoms with Crippen molar-refractivity contribution in [3.63, 3.8) is 0 Å². The highest BCUT2D eigenvalue weighted by Gasteiger charge is 2.22. The van der Waals surface area contributed by atoms with Crippen LogP contribution in [0.1, 0.15) is 11.7 Å². The zero-order valence-corrected chi connectivity index (χ0v) is 9.89. The van der Waals surface area contributed by atoms with Crippen LogP contribution in [0.4, 0.5) is 5.69 Å². The average Bonchev–Trinajstić information content (AvgIpc) is 2.43. The van der Waals surface area contributed by atoms with E-state index in [2.05, 4.69) is 5.32 Å². The zero-order chi connectivity index (χ0) is 14.4. The minimum Gasteiger partial charge on any atom is -0.394 e. The summed E-state index contributed by atoms with van der Waals surface area (Å²) >= 11 is 0. The van der Waals surface area contributed by atoms with Crippen molar-refractivity contribution in [1.29, 1.82) is 0 Å². The van der Waals surface area contributed by atoms with Gasteiger partial charge >= 0.3 is 0 Å². The first-order chi connectivity index (χ1) is 8.99. The Morgan fingerprint density at radius 1 is 1.32 bits per heavy atom. The monoisotopic (exact) mass is 270 g/mol. The van der Waals surface area contributed by atoms with Crippen molar-refractivity contribution < 1.29 is 25.0 Å². The molecule has 0 saturated carbocycles. The van der Waals surface area contributed by atoms with Gasteiger partial charge in [-0.05, 0) is 17.7 Å². The van der Waals surface area contributed by atoms with Crippen LogP contribution in [0.25, 0.3) is 0 Å². The molecule has 0 aliphatic rings. The summed E-state index contributed by atoms with van der Waals surface area (Å²) in [6.07, 6.45) is -1.23. The summed E-state index contributed by atoms with van der Waals surface area (Å²) in [6, 6.07) is 4.08. The predicted octanol–water partition coefficient (Wildman–Crippen LogP) is -0.902. The third-order valence-corrected chi connectivity index (χ3v) is 2.51. The second kappa shape index (κ2) is 6.78. The Bertz CT molecular complexity index is 447. The summed E-state index contributed by atoms with van der Waals surface area (Å²) < 4.78 is 0. The van der Waals surface area contributed by atoms with E-state index in [-0.39, 0.29) is 5.69 Å². The fraction of sp³-hybridized carbons (Fsp3) is 0.364. The van der Waals surface area contributed by atoms with Gasteiger partial charge in [-0.25, -0.2) is 0 Å². The molecule has 104 valence electrons. The first-order valence-corrected chi connectivity index (χ1v) is 5.43. The first-order valence-electron chi connectivity index (χ1n) is 5.43. The Morgan fingerprint density at radius 3 is 2.32 bits per heavy atom. The molecule has 0 unspecified atom stereocenters. The molecular formula is C11H14N2O6. The number of aliphatic hydroxyl groups is 3. The van der Waals surface area contributed by atoms with E-state index in [4.69, 9.17) is 10.2 Å². The Kier molecular flexibility index (Phi) is 5.37. The Hall–Kier alpha value is -2.03. The van der Waals surface area contributed by atoms with E-state index in [0.717, 1.165) is 0 Å². The van der Waals surface area contributed by atoms with Crippen LogP contribution >= 0.6 is 0 Å². The van der Waals surface area contributed by atoms with Gasteiger partial charge in [-0.15, -0.1) is 0 Å². The normalized spacial score (nSPS) is 13.6. The lowest BCUT2D eigenvalue weighted by molar-refractivity contribution is -0.384. The molecule has 1 rings (SSSR count). The maximum Gasteiger partial charge on any atom is 0.269 e. The lowest BCUT2D eigenvalue weighted by Gasteiger charge is -2.22. The maximum atomic E-state index is 11.0. The van der Waals surface area contributed by atoms with Gasteiger partial charge < -0.3 is 20.6 Å². The molecule has 1 aromatic rings. The predicted molar refractivity (Wildman–Crippen MR) is 64.2 cm³/mol. The number of nitrogens with zero attached hydrogens (tertiary/aromatic N) is 1. The number of nitro benzene ring substituents is 1. The van der Waals surface area contributed by atoms with Crippen molar-refractivity contribution in [3.8, 4) is 0 Å². The molecule has 0 fully saturated rings. The number of carbonyl (C=O) groups excluding carboxylic acids is 1. The van der Waals surface area contributed by atoms with Gasteiger partial charge in [-0.2, -0.15) is 0 Å². The molecule has 4 N–H and O–H groups in total. The number of rotatable bonds is 6. The highest BCUT2D eigenvalue weighted by molar-refractivity contribution is 5.77. The number of nitro groups is 1. The topological polar surface area (TPSA) is 133 Å². The molecular weight excluding hydrogens is 256 g/mol. The van der Waals surface area contributed by atoms with Gasteiger partial charge in [-0.3, -0.25) is 14.9 Å². The highest BCUT2D eigenvalue weighted by atomic mass is 16.6. The molecule has 1 aromatic carbocycles. The van der Waals surface area contributed by atoms with Gasteiger partial charge in [0.05, 0.1) is 17.6 Å². The van der Waals surface area contributed by atoms with E-state index >= 15 is 0 Å². The van der Waals surface area contributed by atoms with Gasteiger partial charge in [0.15, 0.2) is 0 Å². The van der Waals surface area contributed by atoms with E-state index in [0.29, 0.717) is 5.56 Å². The van der Waals surface area contributed by atoms with Crippen LogP contribution < -0.4 is 5.32 Å². The lowest BCUT2D eigenvalue weighted by atomic mass is 10.0.